The van der Waals surface area contributed by atoms with Crippen LogP contribution in [-0.4, -0.2) is 81.2 Å². The fourth-order valence-electron chi connectivity index (χ4n) is 5.40. The van der Waals surface area contributed by atoms with Gasteiger partial charge in [0.15, 0.2) is 12.1 Å². The van der Waals surface area contributed by atoms with E-state index in [0.29, 0.717) is 23.1 Å². The molecule has 1 saturated heterocycles. The Balaban J connectivity index is 1.50. The zero-order chi connectivity index (χ0) is 29.4. The van der Waals surface area contributed by atoms with Gasteiger partial charge in [0.1, 0.15) is 36.8 Å². The van der Waals surface area contributed by atoms with Gasteiger partial charge in [0.25, 0.3) is 0 Å². The zero-order valence-electron chi connectivity index (χ0n) is 22.9. The summed E-state index contributed by atoms with van der Waals surface area (Å²) in [7, 11) is 0. The summed E-state index contributed by atoms with van der Waals surface area (Å²) in [5, 5.41) is 50.6. The molecular weight excluding hydrogens is 520 g/mol. The Morgan fingerprint density at radius 2 is 1.75 bits per heavy atom. The van der Waals surface area contributed by atoms with Crippen LogP contribution in [0.25, 0.3) is 6.08 Å². The van der Waals surface area contributed by atoms with E-state index in [2.05, 4.69) is 0 Å². The van der Waals surface area contributed by atoms with Gasteiger partial charge in [-0.25, -0.2) is 4.79 Å². The van der Waals surface area contributed by atoms with Gasteiger partial charge in [0, 0.05) is 18.2 Å². The van der Waals surface area contributed by atoms with Crippen LogP contribution in [0.1, 0.15) is 58.1 Å². The highest BCUT2D eigenvalue weighted by Gasteiger charge is 2.52. The summed E-state index contributed by atoms with van der Waals surface area (Å²) in [5.74, 6) is -0.796. The minimum Gasteiger partial charge on any atom is -0.508 e. The van der Waals surface area contributed by atoms with Crippen molar-refractivity contribution >= 4 is 17.8 Å². The number of aromatic hydroxyl groups is 1. The topological polar surface area (TPSA) is 163 Å². The summed E-state index contributed by atoms with van der Waals surface area (Å²) in [6.07, 6.45) is -5.30. The van der Waals surface area contributed by atoms with Crippen molar-refractivity contribution in [2.45, 2.75) is 70.9 Å². The summed E-state index contributed by atoms with van der Waals surface area (Å²) >= 11 is 0. The molecule has 0 aromatic heterocycles. The monoisotopic (exact) mass is 556 g/mol. The number of aliphatic hydroxyl groups is 4. The first-order valence-electron chi connectivity index (χ1n) is 13.1. The number of phenols is 1. The highest BCUT2D eigenvalue weighted by atomic mass is 16.7. The van der Waals surface area contributed by atoms with Crippen molar-refractivity contribution in [2.24, 2.45) is 5.41 Å². The summed E-state index contributed by atoms with van der Waals surface area (Å²) in [6, 6.07) is 7.99. The minimum atomic E-state index is -1.66. The molecule has 2 aliphatic rings. The van der Waals surface area contributed by atoms with Crippen molar-refractivity contribution in [2.75, 3.05) is 13.2 Å². The second-order valence-electron chi connectivity index (χ2n) is 10.9. The van der Waals surface area contributed by atoms with Gasteiger partial charge in [-0.05, 0) is 80.1 Å². The lowest BCUT2D eigenvalue weighted by molar-refractivity contribution is -0.317. The van der Waals surface area contributed by atoms with Crippen LogP contribution in [0.2, 0.25) is 0 Å². The van der Waals surface area contributed by atoms with E-state index in [1.54, 1.807) is 26.0 Å². The van der Waals surface area contributed by atoms with E-state index >= 15 is 0 Å². The zero-order valence-corrected chi connectivity index (χ0v) is 22.9. The third-order valence-corrected chi connectivity index (χ3v) is 7.71. The molecule has 216 valence electrons. The number of rotatable bonds is 8. The predicted octanol–water partition coefficient (Wildman–Crippen LogP) is 1.89. The molecule has 10 heteroatoms. The molecule has 0 saturated carbocycles. The Kier molecular flexibility index (Phi) is 8.79. The molecule has 6 atom stereocenters. The van der Waals surface area contributed by atoms with E-state index in [1.165, 1.54) is 24.3 Å². The Hall–Kier alpha value is -3.12. The Morgan fingerprint density at radius 1 is 1.07 bits per heavy atom. The summed E-state index contributed by atoms with van der Waals surface area (Å²) < 4.78 is 17.1. The fourth-order valence-corrected chi connectivity index (χ4v) is 5.40. The highest BCUT2D eigenvalue weighted by Crippen LogP contribution is 2.50. The van der Waals surface area contributed by atoms with E-state index in [9.17, 15) is 35.1 Å². The van der Waals surface area contributed by atoms with E-state index in [1.807, 2.05) is 19.9 Å². The summed E-state index contributed by atoms with van der Waals surface area (Å²) in [4.78, 5) is 25.7. The van der Waals surface area contributed by atoms with Gasteiger partial charge in [-0.2, -0.15) is 0 Å². The molecule has 2 aromatic rings. The smallest absolute Gasteiger partial charge is 0.330 e. The molecule has 4 rings (SSSR count). The molecule has 0 radical (unpaired) electrons. The van der Waals surface area contributed by atoms with Gasteiger partial charge in [0.05, 0.1) is 11.5 Å². The van der Waals surface area contributed by atoms with Crippen molar-refractivity contribution in [1.82, 2.24) is 0 Å². The van der Waals surface area contributed by atoms with Crippen molar-refractivity contribution < 1.29 is 49.3 Å². The number of Topliss-reactive ketones (excluding diaryl/α,β-unsaturated/α-hetero) is 1. The van der Waals surface area contributed by atoms with E-state index in [0.717, 1.165) is 16.7 Å². The predicted molar refractivity (Wildman–Crippen MR) is 143 cm³/mol. The Labute approximate surface area is 232 Å². The number of fused-ring (bicyclic) bond motifs is 1. The maximum Gasteiger partial charge on any atom is 0.330 e. The molecule has 0 amide bonds. The largest absolute Gasteiger partial charge is 0.508 e. The molecule has 0 spiro atoms. The molecule has 10 nitrogen and oxygen atoms in total. The van der Waals surface area contributed by atoms with Crippen molar-refractivity contribution in [1.29, 1.82) is 0 Å². The number of aryl methyl sites for hydroxylation is 1. The second kappa shape index (κ2) is 11.8. The van der Waals surface area contributed by atoms with Gasteiger partial charge in [-0.15, -0.1) is 0 Å². The second-order valence-corrected chi connectivity index (χ2v) is 10.9. The third kappa shape index (κ3) is 5.69. The van der Waals surface area contributed by atoms with Crippen LogP contribution in [0.5, 0.6) is 5.75 Å². The molecule has 40 heavy (non-hydrogen) atoms. The van der Waals surface area contributed by atoms with E-state index < -0.39 is 54.8 Å². The Morgan fingerprint density at radius 3 is 2.40 bits per heavy atom. The lowest BCUT2D eigenvalue weighted by atomic mass is 9.86. The van der Waals surface area contributed by atoms with Gasteiger partial charge >= 0.3 is 5.97 Å². The van der Waals surface area contributed by atoms with Gasteiger partial charge in [-0.3, -0.25) is 4.79 Å². The van der Waals surface area contributed by atoms with Crippen molar-refractivity contribution in [3.63, 3.8) is 0 Å². The van der Waals surface area contributed by atoms with Gasteiger partial charge in [-0.1, -0.05) is 18.2 Å². The maximum absolute atomic E-state index is 13.5. The molecule has 0 unspecified atom stereocenters. The summed E-state index contributed by atoms with van der Waals surface area (Å²) in [6.45, 7) is 6.67. The van der Waals surface area contributed by atoms with Crippen molar-refractivity contribution in [3.05, 3.63) is 69.8 Å². The lowest BCUT2D eigenvalue weighted by Crippen LogP contribution is -2.59. The SMILES string of the molecule is Cc1cc2c(c(C)c1CCO)C(=O)C(C)(C)[C@H]2O[C@H]1O[C@@H](COC(=O)/C=C/c2ccc(O)cc2)[C@H](O)[C@@H](O)[C@@H]1O. The number of phenolic OH excluding ortho intramolecular Hbond substituents is 1. The first-order valence-corrected chi connectivity index (χ1v) is 13.1. The molecule has 1 fully saturated rings. The number of hydrogen-bond acceptors (Lipinski definition) is 10. The molecule has 0 bridgehead atoms. The first kappa shape index (κ1) is 29.9. The van der Waals surface area contributed by atoms with Gasteiger partial charge in [0.2, 0.25) is 0 Å². The van der Waals surface area contributed by atoms with Crippen LogP contribution in [-0.2, 0) is 25.4 Å². The fraction of sp³-hybridized carbons (Fsp3) is 0.467. The first-order chi connectivity index (χ1) is 18.9. The van der Waals surface area contributed by atoms with Crippen LogP contribution in [0, 0.1) is 19.3 Å². The number of hydrogen-bond donors (Lipinski definition) is 5. The molecular formula is C30H36O10. The van der Waals surface area contributed by atoms with Crippen LogP contribution >= 0.6 is 0 Å². The molecule has 2 aromatic carbocycles. The number of ketones is 1. The molecule has 1 heterocycles. The number of ether oxygens (including phenoxy) is 3. The van der Waals surface area contributed by atoms with E-state index in [4.69, 9.17) is 14.2 Å². The van der Waals surface area contributed by atoms with E-state index in [-0.39, 0.29) is 18.1 Å². The third-order valence-electron chi connectivity index (χ3n) is 7.71. The average molecular weight is 557 g/mol. The quantitative estimate of drug-likeness (QED) is 0.240. The Bertz CT molecular complexity index is 1280. The number of benzene rings is 2. The van der Waals surface area contributed by atoms with Crippen LogP contribution in [0.15, 0.2) is 36.4 Å². The lowest BCUT2D eigenvalue weighted by Gasteiger charge is -2.42. The minimum absolute atomic E-state index is 0.0567. The average Bonchev–Trinajstić information content (AvgIpc) is 3.10. The standard InChI is InChI=1S/C30H36O10/c1-15-13-20-23(16(2)19(15)11-12-31)27(37)30(3,4)28(20)40-29-26(36)25(35)24(34)21(39-29)14-38-22(33)10-7-17-5-8-18(32)9-6-17/h5-10,13,21,24-26,28-29,31-32,34-36H,11-12,14H2,1-4H3/b10-7+/t21-,24-,25+,26-,28-,29+/m0/s1. The molecule has 1 aliphatic carbocycles. The van der Waals surface area contributed by atoms with Crippen LogP contribution < -0.4 is 0 Å². The van der Waals surface area contributed by atoms with Gasteiger partial charge < -0.3 is 39.7 Å². The number of carbonyl (C=O) groups excluding carboxylic acids is 2. The van der Waals surface area contributed by atoms with Crippen molar-refractivity contribution in [3.8, 4) is 5.75 Å². The number of carbonyl (C=O) groups is 2. The maximum atomic E-state index is 13.5. The van der Waals surface area contributed by atoms with Crippen LogP contribution in [0.3, 0.4) is 0 Å². The molecule has 5 N–H and O–H groups in total. The number of aliphatic hydroxyl groups excluding tert-OH is 4. The normalized spacial score (nSPS) is 27.6. The molecule has 1 aliphatic heterocycles. The summed E-state index contributed by atoms with van der Waals surface area (Å²) in [5.41, 5.74) is 3.27. The highest BCUT2D eigenvalue weighted by molar-refractivity contribution is 6.06. The van der Waals surface area contributed by atoms with Crippen LogP contribution in [0.4, 0.5) is 0 Å². The number of esters is 1.